The Kier molecular flexibility index (Phi) is 2.72. The van der Waals surface area contributed by atoms with Gasteiger partial charge in [0, 0.05) is 17.8 Å². The van der Waals surface area contributed by atoms with Crippen LogP contribution in [0.3, 0.4) is 0 Å². The Bertz CT molecular complexity index is 423. The molecule has 2 aromatic rings. The fourth-order valence-corrected chi connectivity index (χ4v) is 1.56. The van der Waals surface area contributed by atoms with E-state index in [2.05, 4.69) is 22.0 Å². The topological polar surface area (TPSA) is 48.1 Å². The van der Waals surface area contributed by atoms with Crippen LogP contribution in [-0.2, 0) is 11.3 Å². The molecule has 0 aliphatic rings. The monoisotopic (exact) mass is 188 g/mol. The van der Waals surface area contributed by atoms with Gasteiger partial charge in [-0.1, -0.05) is 18.2 Å². The molecule has 0 bridgehead atoms. The summed E-state index contributed by atoms with van der Waals surface area (Å²) in [7, 11) is 0. The largest absolute Gasteiger partial charge is 0.304 e. The van der Waals surface area contributed by atoms with Crippen molar-refractivity contribution in [3.8, 4) is 0 Å². The first kappa shape index (κ1) is 9.12. The number of nitrogens with two attached hydrogens (primary N) is 1. The van der Waals surface area contributed by atoms with Gasteiger partial charge < -0.3 is 4.84 Å². The number of benzene rings is 1. The van der Waals surface area contributed by atoms with Crippen molar-refractivity contribution in [1.29, 1.82) is 0 Å². The Hall–Kier alpha value is -1.45. The maximum absolute atomic E-state index is 5.00. The van der Waals surface area contributed by atoms with Crippen molar-refractivity contribution in [2.24, 2.45) is 5.90 Å². The molecule has 0 aliphatic heterocycles. The summed E-state index contributed by atoms with van der Waals surface area (Å²) in [6.45, 7) is 0.536. The predicted molar refractivity (Wildman–Crippen MR) is 55.6 cm³/mol. The van der Waals surface area contributed by atoms with Crippen LogP contribution < -0.4 is 5.90 Å². The summed E-state index contributed by atoms with van der Waals surface area (Å²) in [4.78, 5) is 8.68. The maximum atomic E-state index is 5.00. The number of aromatic nitrogens is 1. The van der Waals surface area contributed by atoms with Crippen LogP contribution in [0.1, 0.15) is 5.56 Å². The van der Waals surface area contributed by atoms with Gasteiger partial charge in [0.2, 0.25) is 0 Å². The lowest BCUT2D eigenvalue weighted by molar-refractivity contribution is 0.141. The van der Waals surface area contributed by atoms with E-state index >= 15 is 0 Å². The first-order valence-electron chi connectivity index (χ1n) is 4.55. The number of hydrogen-bond donors (Lipinski definition) is 1. The molecular formula is C11H12N2O. The van der Waals surface area contributed by atoms with Gasteiger partial charge >= 0.3 is 0 Å². The summed E-state index contributed by atoms with van der Waals surface area (Å²) < 4.78 is 0. The van der Waals surface area contributed by atoms with E-state index in [-0.39, 0.29) is 0 Å². The van der Waals surface area contributed by atoms with E-state index in [0.29, 0.717) is 6.61 Å². The summed E-state index contributed by atoms with van der Waals surface area (Å²) in [5, 5.41) is 2.38. The second-order valence-corrected chi connectivity index (χ2v) is 3.13. The van der Waals surface area contributed by atoms with E-state index in [1.54, 1.807) is 6.20 Å². The first-order valence-corrected chi connectivity index (χ1v) is 4.55. The summed E-state index contributed by atoms with van der Waals surface area (Å²) in [5.74, 6) is 5.00. The number of rotatable bonds is 3. The lowest BCUT2D eigenvalue weighted by Gasteiger charge is -2.04. The average Bonchev–Trinajstić information content (AvgIpc) is 2.26. The van der Waals surface area contributed by atoms with Gasteiger partial charge in [-0.25, -0.2) is 5.90 Å². The molecule has 1 heterocycles. The van der Waals surface area contributed by atoms with Gasteiger partial charge in [0.05, 0.1) is 6.61 Å². The SMILES string of the molecule is NOCCc1cccc2ccncc12. The minimum Gasteiger partial charge on any atom is -0.304 e. The third kappa shape index (κ3) is 1.73. The normalized spacial score (nSPS) is 10.6. The Morgan fingerprint density at radius 2 is 2.21 bits per heavy atom. The molecular weight excluding hydrogens is 176 g/mol. The molecule has 14 heavy (non-hydrogen) atoms. The highest BCUT2D eigenvalue weighted by atomic mass is 16.6. The molecule has 0 fully saturated rings. The van der Waals surface area contributed by atoms with Crippen molar-refractivity contribution in [2.45, 2.75) is 6.42 Å². The fraction of sp³-hybridized carbons (Fsp3) is 0.182. The molecule has 0 atom stereocenters. The predicted octanol–water partition coefficient (Wildman–Crippen LogP) is 1.67. The molecule has 0 saturated carbocycles. The van der Waals surface area contributed by atoms with Crippen molar-refractivity contribution in [3.63, 3.8) is 0 Å². The van der Waals surface area contributed by atoms with E-state index < -0.39 is 0 Å². The molecule has 0 aliphatic carbocycles. The molecule has 3 heteroatoms. The second kappa shape index (κ2) is 4.17. The lowest BCUT2D eigenvalue weighted by Crippen LogP contribution is -2.03. The molecule has 72 valence electrons. The number of fused-ring (bicyclic) bond motifs is 1. The quantitative estimate of drug-likeness (QED) is 0.745. The van der Waals surface area contributed by atoms with Gasteiger partial charge in [-0.3, -0.25) is 4.98 Å². The molecule has 0 radical (unpaired) electrons. The summed E-state index contributed by atoms with van der Waals surface area (Å²) >= 11 is 0. The van der Waals surface area contributed by atoms with Crippen LogP contribution in [-0.4, -0.2) is 11.6 Å². The van der Waals surface area contributed by atoms with Crippen LogP contribution in [0.25, 0.3) is 10.8 Å². The van der Waals surface area contributed by atoms with Gasteiger partial charge in [0.25, 0.3) is 0 Å². The highest BCUT2D eigenvalue weighted by Crippen LogP contribution is 2.17. The molecule has 0 saturated heterocycles. The van der Waals surface area contributed by atoms with E-state index in [0.717, 1.165) is 6.42 Å². The van der Waals surface area contributed by atoms with Gasteiger partial charge in [0.1, 0.15) is 0 Å². The Morgan fingerprint density at radius 1 is 1.29 bits per heavy atom. The van der Waals surface area contributed by atoms with Crippen LogP contribution in [0.2, 0.25) is 0 Å². The van der Waals surface area contributed by atoms with Crippen LogP contribution in [0, 0.1) is 0 Å². The molecule has 1 aromatic heterocycles. The maximum Gasteiger partial charge on any atom is 0.0719 e. The van der Waals surface area contributed by atoms with E-state index in [1.807, 2.05) is 18.3 Å². The van der Waals surface area contributed by atoms with E-state index in [4.69, 9.17) is 5.90 Å². The zero-order valence-corrected chi connectivity index (χ0v) is 7.81. The summed E-state index contributed by atoms with van der Waals surface area (Å²) in [5.41, 5.74) is 1.22. The van der Waals surface area contributed by atoms with Crippen molar-refractivity contribution >= 4 is 10.8 Å². The van der Waals surface area contributed by atoms with Crippen LogP contribution in [0.15, 0.2) is 36.7 Å². The van der Waals surface area contributed by atoms with Crippen molar-refractivity contribution in [1.82, 2.24) is 4.98 Å². The minimum atomic E-state index is 0.536. The third-order valence-electron chi connectivity index (χ3n) is 2.26. The first-order chi connectivity index (χ1) is 6.92. The Morgan fingerprint density at radius 3 is 3.07 bits per heavy atom. The summed E-state index contributed by atoms with van der Waals surface area (Å²) in [6, 6.07) is 8.18. The molecule has 2 N–H and O–H groups in total. The zero-order chi connectivity index (χ0) is 9.80. The molecule has 2 rings (SSSR count). The molecule has 3 nitrogen and oxygen atoms in total. The van der Waals surface area contributed by atoms with Crippen LogP contribution in [0.4, 0.5) is 0 Å². The van der Waals surface area contributed by atoms with Gasteiger partial charge in [-0.15, -0.1) is 0 Å². The van der Waals surface area contributed by atoms with Crippen molar-refractivity contribution in [3.05, 3.63) is 42.2 Å². The Balaban J connectivity index is 2.43. The zero-order valence-electron chi connectivity index (χ0n) is 7.81. The number of nitrogens with zero attached hydrogens (tertiary/aromatic N) is 1. The smallest absolute Gasteiger partial charge is 0.0719 e. The summed E-state index contributed by atoms with van der Waals surface area (Å²) in [6.07, 6.45) is 4.49. The molecule has 0 spiro atoms. The van der Waals surface area contributed by atoms with E-state index in [9.17, 15) is 0 Å². The van der Waals surface area contributed by atoms with E-state index in [1.165, 1.54) is 16.3 Å². The Labute approximate surface area is 82.5 Å². The molecule has 1 aromatic carbocycles. The van der Waals surface area contributed by atoms with Crippen molar-refractivity contribution < 1.29 is 4.84 Å². The van der Waals surface area contributed by atoms with Gasteiger partial charge in [-0.05, 0) is 23.4 Å². The van der Waals surface area contributed by atoms with Crippen LogP contribution >= 0.6 is 0 Å². The molecule has 0 unspecified atom stereocenters. The average molecular weight is 188 g/mol. The number of pyridine rings is 1. The van der Waals surface area contributed by atoms with Gasteiger partial charge in [-0.2, -0.15) is 0 Å². The van der Waals surface area contributed by atoms with Crippen molar-refractivity contribution in [2.75, 3.05) is 6.61 Å². The van der Waals surface area contributed by atoms with Gasteiger partial charge in [0.15, 0.2) is 0 Å². The lowest BCUT2D eigenvalue weighted by atomic mass is 10.0. The number of hydrogen-bond acceptors (Lipinski definition) is 3. The van der Waals surface area contributed by atoms with Crippen LogP contribution in [0.5, 0.6) is 0 Å². The highest BCUT2D eigenvalue weighted by Gasteiger charge is 1.99. The highest BCUT2D eigenvalue weighted by molar-refractivity contribution is 5.84. The third-order valence-corrected chi connectivity index (χ3v) is 2.26. The fourth-order valence-electron chi connectivity index (χ4n) is 1.56. The second-order valence-electron chi connectivity index (χ2n) is 3.13. The minimum absolute atomic E-state index is 0.536. The molecule has 0 amide bonds. The standard InChI is InChI=1S/C11H12N2O/c12-14-7-5-10-3-1-2-9-4-6-13-8-11(9)10/h1-4,6,8H,5,7,12H2.